The molecule has 1 heterocycles. The fourth-order valence-electron chi connectivity index (χ4n) is 3.77. The highest BCUT2D eigenvalue weighted by Crippen LogP contribution is 2.32. The first-order valence-corrected chi connectivity index (χ1v) is 12.0. The summed E-state index contributed by atoms with van der Waals surface area (Å²) in [5.41, 5.74) is 3.03. The van der Waals surface area contributed by atoms with Crippen LogP contribution in [0.2, 0.25) is 0 Å². The molecule has 1 N–H and O–H groups in total. The van der Waals surface area contributed by atoms with Crippen LogP contribution < -0.4 is 5.32 Å². The van der Waals surface area contributed by atoms with Crippen LogP contribution in [0.15, 0.2) is 103 Å². The zero-order chi connectivity index (χ0) is 24.9. The minimum Gasteiger partial charge on any atom is -0.452 e. The molecule has 1 amide bonds. The molecule has 5 rings (SSSR count). The molecular weight excluding hydrogens is 472 g/mol. The lowest BCUT2D eigenvalue weighted by Crippen LogP contribution is -2.22. The number of carbonyl (C=O) groups is 3. The molecule has 0 radical (unpaired) electrons. The number of carbonyl (C=O) groups excluding carboxylic acids is 3. The van der Waals surface area contributed by atoms with Crippen LogP contribution in [0.1, 0.15) is 26.3 Å². The van der Waals surface area contributed by atoms with Gasteiger partial charge in [-0.15, -0.1) is 11.3 Å². The van der Waals surface area contributed by atoms with Gasteiger partial charge in [-0.2, -0.15) is 0 Å². The molecule has 0 bridgehead atoms. The Morgan fingerprint density at radius 1 is 0.750 bits per heavy atom. The van der Waals surface area contributed by atoms with E-state index in [4.69, 9.17) is 4.74 Å². The third kappa shape index (κ3) is 4.92. The van der Waals surface area contributed by atoms with Crippen molar-refractivity contribution in [2.45, 2.75) is 0 Å². The number of nitrogens with one attached hydrogen (secondary N) is 1. The van der Waals surface area contributed by atoms with Crippen molar-refractivity contribution in [3.8, 4) is 10.6 Å². The summed E-state index contributed by atoms with van der Waals surface area (Å²) in [7, 11) is 0. The van der Waals surface area contributed by atoms with Crippen molar-refractivity contribution < 1.29 is 19.1 Å². The fourth-order valence-corrected chi connectivity index (χ4v) is 4.77. The minimum atomic E-state index is -0.631. The number of aromatic nitrogens is 1. The van der Waals surface area contributed by atoms with Crippen LogP contribution >= 0.6 is 11.3 Å². The van der Waals surface area contributed by atoms with Crippen molar-refractivity contribution in [3.05, 3.63) is 120 Å². The summed E-state index contributed by atoms with van der Waals surface area (Å²) in [6.45, 7) is -0.499. The second-order valence-electron chi connectivity index (χ2n) is 7.90. The highest BCUT2D eigenvalue weighted by atomic mass is 32.1. The number of ketones is 1. The molecule has 6 nitrogen and oxygen atoms in total. The molecule has 0 saturated carbocycles. The van der Waals surface area contributed by atoms with E-state index >= 15 is 0 Å². The van der Waals surface area contributed by atoms with Gasteiger partial charge in [0.05, 0.1) is 21.5 Å². The standard InChI is InChI=1S/C29H20N2O4S/c32-26(30-23-15-7-6-14-22(23)27(33)19-10-2-1-3-11-19)18-35-29(34)21-13-5-4-12-20(21)28-31-24-16-8-9-17-25(24)36-28/h1-17H,18H2,(H,30,32). The van der Waals surface area contributed by atoms with Gasteiger partial charge in [0, 0.05) is 16.7 Å². The molecule has 0 fully saturated rings. The van der Waals surface area contributed by atoms with Crippen molar-refractivity contribution in [2.75, 3.05) is 11.9 Å². The van der Waals surface area contributed by atoms with Crippen LogP contribution in [0.3, 0.4) is 0 Å². The zero-order valence-corrected chi connectivity index (χ0v) is 19.8. The number of hydrogen-bond donors (Lipinski definition) is 1. The number of thiazole rings is 1. The summed E-state index contributed by atoms with van der Waals surface area (Å²) in [5, 5.41) is 3.38. The van der Waals surface area contributed by atoms with E-state index in [0.717, 1.165) is 10.2 Å². The molecule has 176 valence electrons. The molecule has 0 aliphatic heterocycles. The van der Waals surface area contributed by atoms with Gasteiger partial charge in [-0.05, 0) is 30.3 Å². The number of anilines is 1. The number of para-hydroxylation sites is 2. The predicted molar refractivity (Wildman–Crippen MR) is 140 cm³/mol. The van der Waals surface area contributed by atoms with Gasteiger partial charge in [0.2, 0.25) is 0 Å². The summed E-state index contributed by atoms with van der Waals surface area (Å²) in [4.78, 5) is 43.0. The molecule has 5 aromatic rings. The third-order valence-corrected chi connectivity index (χ3v) is 6.56. The molecule has 36 heavy (non-hydrogen) atoms. The average Bonchev–Trinajstić information content (AvgIpc) is 3.36. The SMILES string of the molecule is O=C(COC(=O)c1ccccc1-c1nc2ccccc2s1)Nc1ccccc1C(=O)c1ccccc1. The van der Waals surface area contributed by atoms with Crippen molar-refractivity contribution in [1.82, 2.24) is 4.98 Å². The predicted octanol–water partition coefficient (Wildman–Crippen LogP) is 5.99. The number of rotatable bonds is 7. The Hall–Kier alpha value is -4.62. The maximum atomic E-state index is 12.9. The topological polar surface area (TPSA) is 85.4 Å². The van der Waals surface area contributed by atoms with Gasteiger partial charge in [-0.1, -0.05) is 72.8 Å². The van der Waals surface area contributed by atoms with Crippen molar-refractivity contribution in [1.29, 1.82) is 0 Å². The highest BCUT2D eigenvalue weighted by Gasteiger charge is 2.19. The van der Waals surface area contributed by atoms with Crippen molar-refractivity contribution >= 4 is 44.9 Å². The van der Waals surface area contributed by atoms with Gasteiger partial charge in [0.25, 0.3) is 5.91 Å². The number of amides is 1. The summed E-state index contributed by atoms with van der Waals surface area (Å²) in [6.07, 6.45) is 0. The first kappa shape index (κ1) is 23.1. The Balaban J connectivity index is 1.29. The van der Waals surface area contributed by atoms with Crippen LogP contribution in [0.4, 0.5) is 5.69 Å². The number of ether oxygens (including phenoxy) is 1. The van der Waals surface area contributed by atoms with Gasteiger partial charge in [-0.25, -0.2) is 9.78 Å². The number of esters is 1. The van der Waals surface area contributed by atoms with E-state index in [0.29, 0.717) is 32.9 Å². The highest BCUT2D eigenvalue weighted by molar-refractivity contribution is 7.21. The van der Waals surface area contributed by atoms with E-state index in [-0.39, 0.29) is 5.78 Å². The molecule has 0 aliphatic carbocycles. The maximum absolute atomic E-state index is 12.9. The summed E-state index contributed by atoms with van der Waals surface area (Å²) < 4.78 is 6.34. The van der Waals surface area contributed by atoms with E-state index < -0.39 is 18.5 Å². The Labute approximate surface area is 211 Å². The molecule has 4 aromatic carbocycles. The number of fused-ring (bicyclic) bond motifs is 1. The number of hydrogen-bond acceptors (Lipinski definition) is 6. The fraction of sp³-hybridized carbons (Fsp3) is 0.0345. The third-order valence-electron chi connectivity index (χ3n) is 5.49. The molecule has 0 saturated heterocycles. The largest absolute Gasteiger partial charge is 0.452 e. The monoisotopic (exact) mass is 492 g/mol. The van der Waals surface area contributed by atoms with Gasteiger partial charge in [0.15, 0.2) is 12.4 Å². The van der Waals surface area contributed by atoms with Crippen LogP contribution in [-0.4, -0.2) is 29.3 Å². The average molecular weight is 493 g/mol. The van der Waals surface area contributed by atoms with E-state index in [9.17, 15) is 14.4 Å². The molecule has 0 aliphatic rings. The second-order valence-corrected chi connectivity index (χ2v) is 8.93. The quantitative estimate of drug-likeness (QED) is 0.223. The summed E-state index contributed by atoms with van der Waals surface area (Å²) >= 11 is 1.48. The zero-order valence-electron chi connectivity index (χ0n) is 19.0. The Kier molecular flexibility index (Phi) is 6.64. The maximum Gasteiger partial charge on any atom is 0.339 e. The molecule has 1 aromatic heterocycles. The first-order chi connectivity index (χ1) is 17.6. The lowest BCUT2D eigenvalue weighted by atomic mass is 10.0. The van der Waals surface area contributed by atoms with Crippen LogP contribution in [0, 0.1) is 0 Å². The van der Waals surface area contributed by atoms with Crippen LogP contribution in [0.5, 0.6) is 0 Å². The van der Waals surface area contributed by atoms with Gasteiger partial charge in [-0.3, -0.25) is 9.59 Å². The van der Waals surface area contributed by atoms with Gasteiger partial charge in [0.1, 0.15) is 5.01 Å². The smallest absolute Gasteiger partial charge is 0.339 e. The summed E-state index contributed by atoms with van der Waals surface area (Å²) in [5.74, 6) is -1.39. The Bertz CT molecular complexity index is 1540. The van der Waals surface area contributed by atoms with Gasteiger partial charge < -0.3 is 10.1 Å². The molecule has 0 unspecified atom stereocenters. The molecule has 0 spiro atoms. The van der Waals surface area contributed by atoms with Gasteiger partial charge >= 0.3 is 5.97 Å². The lowest BCUT2D eigenvalue weighted by molar-refractivity contribution is -0.119. The number of benzene rings is 4. The molecular formula is C29H20N2O4S. The van der Waals surface area contributed by atoms with Crippen LogP contribution in [0.25, 0.3) is 20.8 Å². The molecule has 7 heteroatoms. The Morgan fingerprint density at radius 3 is 2.22 bits per heavy atom. The number of nitrogens with zero attached hydrogens (tertiary/aromatic N) is 1. The summed E-state index contributed by atoms with van der Waals surface area (Å²) in [6, 6.07) is 30.3. The van der Waals surface area contributed by atoms with E-state index in [1.54, 1.807) is 66.7 Å². The Morgan fingerprint density at radius 2 is 1.42 bits per heavy atom. The van der Waals surface area contributed by atoms with Crippen LogP contribution in [-0.2, 0) is 9.53 Å². The first-order valence-electron chi connectivity index (χ1n) is 11.2. The van der Waals surface area contributed by atoms with Crippen molar-refractivity contribution in [2.24, 2.45) is 0 Å². The normalized spacial score (nSPS) is 10.7. The lowest BCUT2D eigenvalue weighted by Gasteiger charge is -2.11. The van der Waals surface area contributed by atoms with E-state index in [1.807, 2.05) is 36.4 Å². The second kappa shape index (κ2) is 10.3. The van der Waals surface area contributed by atoms with E-state index in [2.05, 4.69) is 10.3 Å². The van der Waals surface area contributed by atoms with E-state index in [1.165, 1.54) is 11.3 Å². The molecule has 0 atom stereocenters. The minimum absolute atomic E-state index is 0.215. The van der Waals surface area contributed by atoms with Crippen molar-refractivity contribution in [3.63, 3.8) is 0 Å².